The summed E-state index contributed by atoms with van der Waals surface area (Å²) in [6, 6.07) is 4.61. The summed E-state index contributed by atoms with van der Waals surface area (Å²) in [6.45, 7) is 2.03. The molecule has 1 amide bonds. The van der Waals surface area contributed by atoms with Crippen LogP contribution in [-0.4, -0.2) is 32.9 Å². The third-order valence-corrected chi connectivity index (χ3v) is 3.26. The van der Waals surface area contributed by atoms with Gasteiger partial charge in [0.2, 0.25) is 0 Å². The van der Waals surface area contributed by atoms with Crippen molar-refractivity contribution in [3.8, 4) is 0 Å². The van der Waals surface area contributed by atoms with Gasteiger partial charge in [0.25, 0.3) is 0 Å². The fourth-order valence-electron chi connectivity index (χ4n) is 2.06. The zero-order valence-electron chi connectivity index (χ0n) is 12.6. The summed E-state index contributed by atoms with van der Waals surface area (Å²) in [5.41, 5.74) is 0.292. The van der Waals surface area contributed by atoms with Crippen molar-refractivity contribution < 1.29 is 27.9 Å². The Hall–Kier alpha value is -2.84. The topological polar surface area (TPSA) is 75.4 Å². The van der Waals surface area contributed by atoms with E-state index in [0.29, 0.717) is 17.0 Å². The van der Waals surface area contributed by atoms with Gasteiger partial charge in [-0.05, 0) is 31.2 Å². The van der Waals surface area contributed by atoms with Crippen molar-refractivity contribution in [2.45, 2.75) is 26.2 Å². The van der Waals surface area contributed by atoms with Crippen LogP contribution < -0.4 is 4.90 Å². The van der Waals surface area contributed by atoms with E-state index in [2.05, 4.69) is 5.10 Å². The number of aromatic nitrogens is 2. The van der Waals surface area contributed by atoms with Gasteiger partial charge in [0.1, 0.15) is 0 Å². The maximum Gasteiger partial charge on any atom is 0.471 e. The number of aromatic carboxylic acids is 1. The highest BCUT2D eigenvalue weighted by atomic mass is 19.4. The molecule has 0 saturated carbocycles. The van der Waals surface area contributed by atoms with Crippen molar-refractivity contribution in [1.82, 2.24) is 9.78 Å². The molecule has 2 aromatic rings. The Kier molecular flexibility index (Phi) is 4.91. The van der Waals surface area contributed by atoms with Crippen molar-refractivity contribution in [1.29, 1.82) is 0 Å². The van der Waals surface area contributed by atoms with E-state index < -0.39 is 18.1 Å². The number of carbonyl (C=O) groups excluding carboxylic acids is 1. The number of amides is 1. The number of halogens is 3. The summed E-state index contributed by atoms with van der Waals surface area (Å²) in [7, 11) is 0. The molecule has 0 aliphatic carbocycles. The van der Waals surface area contributed by atoms with E-state index >= 15 is 0 Å². The van der Waals surface area contributed by atoms with Crippen LogP contribution >= 0.6 is 0 Å². The van der Waals surface area contributed by atoms with Crippen LogP contribution in [0.15, 0.2) is 36.7 Å². The minimum atomic E-state index is -5.05. The first-order valence-corrected chi connectivity index (χ1v) is 6.95. The summed E-state index contributed by atoms with van der Waals surface area (Å²) >= 11 is 0. The minimum absolute atomic E-state index is 0.0495. The molecular weight excluding hydrogens is 327 g/mol. The number of anilines is 1. The molecule has 0 aliphatic heterocycles. The molecule has 0 saturated heterocycles. The molecule has 1 heterocycles. The third kappa shape index (κ3) is 3.92. The number of carbonyl (C=O) groups is 2. The fourth-order valence-corrected chi connectivity index (χ4v) is 2.06. The second-order valence-electron chi connectivity index (χ2n) is 4.95. The minimum Gasteiger partial charge on any atom is -0.478 e. The maximum atomic E-state index is 12.9. The van der Waals surface area contributed by atoms with Gasteiger partial charge in [-0.1, -0.05) is 0 Å². The number of alkyl halides is 3. The van der Waals surface area contributed by atoms with E-state index in [0.717, 1.165) is 24.3 Å². The van der Waals surface area contributed by atoms with E-state index in [9.17, 15) is 22.8 Å². The van der Waals surface area contributed by atoms with Crippen molar-refractivity contribution >= 4 is 17.6 Å². The number of benzene rings is 1. The summed E-state index contributed by atoms with van der Waals surface area (Å²) in [5.74, 6) is -3.24. The Morgan fingerprint density at radius 1 is 1.25 bits per heavy atom. The molecule has 1 aromatic heterocycles. The van der Waals surface area contributed by atoms with Crippen molar-refractivity contribution in [3.05, 3.63) is 47.8 Å². The van der Waals surface area contributed by atoms with E-state index in [4.69, 9.17) is 5.11 Å². The van der Waals surface area contributed by atoms with Gasteiger partial charge in [-0.2, -0.15) is 18.3 Å². The molecule has 128 valence electrons. The van der Waals surface area contributed by atoms with E-state index in [1.165, 1.54) is 10.9 Å². The van der Waals surface area contributed by atoms with Gasteiger partial charge in [-0.3, -0.25) is 9.48 Å². The predicted octanol–water partition coefficient (Wildman–Crippen LogP) is 2.70. The van der Waals surface area contributed by atoms with Crippen molar-refractivity contribution in [2.24, 2.45) is 0 Å². The number of hydrogen-bond acceptors (Lipinski definition) is 3. The van der Waals surface area contributed by atoms with E-state index in [1.54, 1.807) is 6.20 Å². The molecule has 0 spiro atoms. The Morgan fingerprint density at radius 3 is 2.33 bits per heavy atom. The quantitative estimate of drug-likeness (QED) is 0.907. The molecule has 6 nitrogen and oxygen atoms in total. The highest BCUT2D eigenvalue weighted by molar-refractivity contribution is 5.97. The first-order valence-electron chi connectivity index (χ1n) is 6.95. The lowest BCUT2D eigenvalue weighted by molar-refractivity contribution is -0.170. The summed E-state index contributed by atoms with van der Waals surface area (Å²) in [6.07, 6.45) is -2.12. The summed E-state index contributed by atoms with van der Waals surface area (Å²) in [5, 5.41) is 12.8. The smallest absolute Gasteiger partial charge is 0.471 e. The van der Waals surface area contributed by atoms with Gasteiger partial charge in [0, 0.05) is 24.0 Å². The summed E-state index contributed by atoms with van der Waals surface area (Å²) in [4.78, 5) is 23.1. The molecule has 0 fully saturated rings. The highest BCUT2D eigenvalue weighted by Crippen LogP contribution is 2.26. The number of nitrogens with zero attached hydrogens (tertiary/aromatic N) is 3. The number of carboxylic acids is 1. The Labute approximate surface area is 135 Å². The zero-order chi connectivity index (χ0) is 17.9. The predicted molar refractivity (Wildman–Crippen MR) is 78.5 cm³/mol. The molecule has 0 aliphatic rings. The maximum absolute atomic E-state index is 12.9. The molecule has 0 bridgehead atoms. The first-order chi connectivity index (χ1) is 11.2. The molecule has 9 heteroatoms. The van der Waals surface area contributed by atoms with Crippen LogP contribution in [0.1, 0.15) is 22.8 Å². The van der Waals surface area contributed by atoms with Gasteiger partial charge < -0.3 is 10.0 Å². The van der Waals surface area contributed by atoms with E-state index in [1.807, 2.05) is 6.92 Å². The largest absolute Gasteiger partial charge is 0.478 e. The molecule has 1 aromatic carbocycles. The third-order valence-electron chi connectivity index (χ3n) is 3.26. The van der Waals surface area contributed by atoms with E-state index in [-0.39, 0.29) is 17.8 Å². The average molecular weight is 341 g/mol. The lowest BCUT2D eigenvalue weighted by Crippen LogP contribution is -2.40. The second-order valence-corrected chi connectivity index (χ2v) is 4.95. The van der Waals surface area contributed by atoms with Crippen LogP contribution in [0, 0.1) is 0 Å². The SMILES string of the molecule is CCn1cc(CN(C(=O)C(F)(F)F)c2ccc(C(=O)O)cc2)cn1. The molecule has 1 N–H and O–H groups in total. The molecule has 0 unspecified atom stereocenters. The van der Waals surface area contributed by atoms with Crippen LogP contribution in [0.3, 0.4) is 0 Å². The van der Waals surface area contributed by atoms with Gasteiger partial charge >= 0.3 is 18.1 Å². The lowest BCUT2D eigenvalue weighted by atomic mass is 10.2. The molecule has 0 radical (unpaired) electrons. The Bertz CT molecular complexity index is 738. The number of hydrogen-bond donors (Lipinski definition) is 1. The molecule has 0 atom stereocenters. The van der Waals surface area contributed by atoms with Crippen LogP contribution in [0.4, 0.5) is 18.9 Å². The fraction of sp³-hybridized carbons (Fsp3) is 0.267. The Morgan fingerprint density at radius 2 is 1.88 bits per heavy atom. The highest BCUT2D eigenvalue weighted by Gasteiger charge is 2.43. The molecular formula is C15H14F3N3O3. The summed E-state index contributed by atoms with van der Waals surface area (Å²) < 4.78 is 40.1. The van der Waals surface area contributed by atoms with Crippen LogP contribution in [-0.2, 0) is 17.9 Å². The van der Waals surface area contributed by atoms with Gasteiger partial charge in [0.05, 0.1) is 18.3 Å². The van der Waals surface area contributed by atoms with Crippen LogP contribution in [0.25, 0.3) is 0 Å². The first kappa shape index (κ1) is 17.5. The van der Waals surface area contributed by atoms with Gasteiger partial charge in [-0.15, -0.1) is 0 Å². The number of rotatable bonds is 5. The standard InChI is InChI=1S/C15H14F3N3O3/c1-2-20-8-10(7-19-20)9-21(14(24)15(16,17)18)12-5-3-11(4-6-12)13(22)23/h3-8H,2,9H2,1H3,(H,22,23). The van der Waals surface area contributed by atoms with Crippen LogP contribution in [0.2, 0.25) is 0 Å². The number of aryl methyl sites for hydroxylation is 1. The van der Waals surface area contributed by atoms with Crippen LogP contribution in [0.5, 0.6) is 0 Å². The second kappa shape index (κ2) is 6.73. The average Bonchev–Trinajstić information content (AvgIpc) is 2.99. The molecule has 2 rings (SSSR count). The normalized spacial score (nSPS) is 11.3. The Balaban J connectivity index is 2.35. The molecule has 24 heavy (non-hydrogen) atoms. The van der Waals surface area contributed by atoms with Crippen molar-refractivity contribution in [3.63, 3.8) is 0 Å². The number of carboxylic acid groups (broad SMARTS) is 1. The lowest BCUT2D eigenvalue weighted by Gasteiger charge is -2.23. The zero-order valence-corrected chi connectivity index (χ0v) is 12.6. The van der Waals surface area contributed by atoms with Gasteiger partial charge in [0.15, 0.2) is 0 Å². The van der Waals surface area contributed by atoms with Gasteiger partial charge in [-0.25, -0.2) is 4.79 Å². The monoisotopic (exact) mass is 341 g/mol. The van der Waals surface area contributed by atoms with Crippen molar-refractivity contribution in [2.75, 3.05) is 4.90 Å².